The fraction of sp³-hybridized carbons (Fsp3) is 0.387. The number of rotatable bonds is 8. The van der Waals surface area contributed by atoms with Gasteiger partial charge in [-0.2, -0.15) is 16.4 Å². The molecule has 39 heavy (non-hydrogen) atoms. The molecule has 4 atom stereocenters. The normalized spacial score (nSPS) is 23.4. The van der Waals surface area contributed by atoms with E-state index < -0.39 is 0 Å². The number of thiophene rings is 1. The average molecular weight is 541 g/mol. The van der Waals surface area contributed by atoms with Crippen molar-refractivity contribution in [2.75, 3.05) is 0 Å². The molecule has 0 radical (unpaired) electrons. The Morgan fingerprint density at radius 2 is 1.87 bits per heavy atom. The number of ether oxygens (including phenoxy) is 1. The fourth-order valence-corrected chi connectivity index (χ4v) is 7.31. The van der Waals surface area contributed by atoms with E-state index >= 15 is 0 Å². The van der Waals surface area contributed by atoms with Crippen LogP contribution in [0.3, 0.4) is 0 Å². The van der Waals surface area contributed by atoms with Gasteiger partial charge >= 0.3 is 0 Å². The Kier molecular flexibility index (Phi) is 6.35. The van der Waals surface area contributed by atoms with Crippen LogP contribution >= 0.6 is 11.3 Å². The predicted molar refractivity (Wildman–Crippen MR) is 152 cm³/mol. The van der Waals surface area contributed by atoms with Crippen molar-refractivity contribution < 1.29 is 14.3 Å². The highest BCUT2D eigenvalue weighted by molar-refractivity contribution is 7.08. The Labute approximate surface area is 231 Å². The third-order valence-corrected chi connectivity index (χ3v) is 9.64. The Bertz CT molecular complexity index is 1460. The second-order valence-corrected chi connectivity index (χ2v) is 12.0. The van der Waals surface area contributed by atoms with Crippen molar-refractivity contribution in [3.8, 4) is 17.0 Å². The number of benzene rings is 2. The lowest BCUT2D eigenvalue weighted by Crippen LogP contribution is -2.45. The van der Waals surface area contributed by atoms with Crippen LogP contribution in [0, 0.1) is 5.92 Å². The van der Waals surface area contributed by atoms with Crippen LogP contribution in [0.2, 0.25) is 0 Å². The summed E-state index contributed by atoms with van der Waals surface area (Å²) in [6, 6.07) is 16.6. The van der Waals surface area contributed by atoms with Crippen molar-refractivity contribution in [3.63, 3.8) is 0 Å². The number of nitrogens with one attached hydrogen (secondary N) is 2. The molecule has 2 aromatic heterocycles. The topological polar surface area (TPSA) is 87.3 Å². The molecule has 3 fully saturated rings. The number of piperidine rings is 1. The third kappa shape index (κ3) is 4.61. The second kappa shape index (κ2) is 10.2. The van der Waals surface area contributed by atoms with Crippen LogP contribution in [0.4, 0.5) is 0 Å². The average Bonchev–Trinajstić information content (AvgIpc) is 3.66. The van der Waals surface area contributed by atoms with E-state index in [1.54, 1.807) is 11.3 Å². The summed E-state index contributed by atoms with van der Waals surface area (Å²) in [5.74, 6) is 1.29. The molecule has 2 bridgehead atoms. The van der Waals surface area contributed by atoms with Crippen molar-refractivity contribution in [3.05, 3.63) is 70.4 Å². The van der Waals surface area contributed by atoms with Gasteiger partial charge in [0, 0.05) is 41.4 Å². The van der Waals surface area contributed by atoms with Crippen molar-refractivity contribution >= 4 is 34.6 Å². The molecule has 2 aromatic carbocycles. The van der Waals surface area contributed by atoms with Crippen LogP contribution in [0.25, 0.3) is 22.2 Å². The molecule has 1 saturated carbocycles. The Morgan fingerprint density at radius 3 is 2.54 bits per heavy atom. The number of hydrogen-bond acceptors (Lipinski definition) is 5. The molecule has 0 spiro atoms. The summed E-state index contributed by atoms with van der Waals surface area (Å²) in [7, 11) is 0. The van der Waals surface area contributed by atoms with E-state index in [2.05, 4.69) is 32.3 Å². The summed E-state index contributed by atoms with van der Waals surface area (Å²) >= 11 is 1.67. The molecule has 200 valence electrons. The zero-order valence-electron chi connectivity index (χ0n) is 21.7. The first-order chi connectivity index (χ1) is 19.2. The lowest BCUT2D eigenvalue weighted by molar-refractivity contribution is -0.123. The van der Waals surface area contributed by atoms with Crippen LogP contribution in [0.15, 0.2) is 59.3 Å². The number of nitrogens with zero attached hydrogens (tertiary/aromatic N) is 2. The summed E-state index contributed by atoms with van der Waals surface area (Å²) < 4.78 is 6.32. The summed E-state index contributed by atoms with van der Waals surface area (Å²) in [5.41, 5.74) is 4.52. The monoisotopic (exact) mass is 540 g/mol. The van der Waals surface area contributed by atoms with Crippen LogP contribution in [0.5, 0.6) is 5.75 Å². The van der Waals surface area contributed by atoms with Gasteiger partial charge in [0.05, 0.1) is 17.3 Å². The number of aromatic amines is 1. The van der Waals surface area contributed by atoms with Gasteiger partial charge in [0.1, 0.15) is 11.9 Å². The number of H-pyrrole nitrogens is 1. The summed E-state index contributed by atoms with van der Waals surface area (Å²) in [6.45, 7) is 0. The van der Waals surface area contributed by atoms with Gasteiger partial charge in [-0.1, -0.05) is 6.42 Å². The van der Waals surface area contributed by atoms with E-state index in [4.69, 9.17) is 4.74 Å². The second-order valence-electron chi connectivity index (χ2n) is 11.2. The first-order valence-electron chi connectivity index (χ1n) is 14.0. The zero-order valence-corrected chi connectivity index (χ0v) is 22.5. The molecule has 4 aromatic rings. The number of aromatic nitrogens is 2. The maximum atomic E-state index is 13.4. The van der Waals surface area contributed by atoms with Crippen molar-refractivity contribution in [1.82, 2.24) is 20.4 Å². The highest BCUT2D eigenvalue weighted by atomic mass is 32.1. The number of hydrogen-bond donors (Lipinski definition) is 2. The minimum Gasteiger partial charge on any atom is -0.490 e. The van der Waals surface area contributed by atoms with E-state index in [0.29, 0.717) is 23.6 Å². The summed E-state index contributed by atoms with van der Waals surface area (Å²) in [6.07, 6.45) is 8.61. The van der Waals surface area contributed by atoms with Gasteiger partial charge in [-0.25, -0.2) is 0 Å². The molecule has 4 heterocycles. The van der Waals surface area contributed by atoms with Gasteiger partial charge in [-0.15, -0.1) is 0 Å². The maximum absolute atomic E-state index is 13.4. The van der Waals surface area contributed by atoms with E-state index in [1.165, 1.54) is 12.0 Å². The minimum absolute atomic E-state index is 0.0505. The molecule has 2 N–H and O–H groups in total. The number of carbonyl (C=O) groups excluding carboxylic acids is 2. The molecule has 2 unspecified atom stereocenters. The smallest absolute Gasteiger partial charge is 0.251 e. The first-order valence-corrected chi connectivity index (χ1v) is 14.9. The summed E-state index contributed by atoms with van der Waals surface area (Å²) in [4.78, 5) is 26.7. The largest absolute Gasteiger partial charge is 0.490 e. The molecule has 7 rings (SSSR count). The fourth-order valence-electron chi connectivity index (χ4n) is 6.61. The molecule has 8 heteroatoms. The van der Waals surface area contributed by atoms with Crippen molar-refractivity contribution in [2.24, 2.45) is 5.92 Å². The molecule has 2 amide bonds. The quantitative estimate of drug-likeness (QED) is 0.265. The Balaban J connectivity index is 1.07. The maximum Gasteiger partial charge on any atom is 0.251 e. The molecule has 1 aliphatic carbocycles. The minimum atomic E-state index is -0.0505. The van der Waals surface area contributed by atoms with Crippen LogP contribution < -0.4 is 10.1 Å². The first kappa shape index (κ1) is 24.4. The third-order valence-electron chi connectivity index (χ3n) is 8.93. The SMILES string of the molecule is O=CN1[C@@H]2CC[C@H]1CC(Oc1ccc(-c3n[nH]c4ccc(C(=O)NC(c5ccsc5)C5CCC5)cc34)cc1)C2. The number of fused-ring (bicyclic) bond motifs is 3. The van der Waals surface area contributed by atoms with Crippen LogP contribution in [0.1, 0.15) is 66.9 Å². The Hall–Kier alpha value is -3.65. The van der Waals surface area contributed by atoms with Gasteiger partial charge in [0.15, 0.2) is 0 Å². The molecule has 3 aliphatic rings. The molecule has 2 aliphatic heterocycles. The molecular formula is C31H32N4O3S. The van der Waals surface area contributed by atoms with E-state index in [-0.39, 0.29) is 18.1 Å². The lowest BCUT2D eigenvalue weighted by Gasteiger charge is -2.36. The molecular weight excluding hydrogens is 508 g/mol. The predicted octanol–water partition coefficient (Wildman–Crippen LogP) is 6.09. The van der Waals surface area contributed by atoms with E-state index in [0.717, 1.165) is 72.8 Å². The standard InChI is InChI=1S/C31H32N4O3S/c36-18-35-23-7-8-24(35)16-26(15-23)38-25-9-4-20(5-10-25)30-27-14-21(6-11-28(27)33-34-30)31(37)32-29(19-2-1-3-19)22-12-13-39-17-22/h4-6,9-14,17-19,23-24,26,29H,1-3,7-8,15-16H2,(H,32,37)(H,33,34)/t23-,24+,26?,29?. The van der Waals surface area contributed by atoms with Crippen molar-refractivity contribution in [1.29, 1.82) is 0 Å². The number of carbonyl (C=O) groups is 2. The van der Waals surface area contributed by atoms with Gasteiger partial charge in [0.2, 0.25) is 6.41 Å². The van der Waals surface area contributed by atoms with Crippen LogP contribution in [-0.2, 0) is 4.79 Å². The zero-order chi connectivity index (χ0) is 26.3. The van der Waals surface area contributed by atoms with E-state index in [9.17, 15) is 9.59 Å². The highest BCUT2D eigenvalue weighted by Crippen LogP contribution is 2.39. The highest BCUT2D eigenvalue weighted by Gasteiger charge is 2.40. The molecule has 2 saturated heterocycles. The van der Waals surface area contributed by atoms with E-state index in [1.807, 2.05) is 47.4 Å². The Morgan fingerprint density at radius 1 is 1.08 bits per heavy atom. The van der Waals surface area contributed by atoms with Gasteiger partial charge < -0.3 is 15.0 Å². The lowest BCUT2D eigenvalue weighted by atomic mass is 9.77. The molecule has 7 nitrogen and oxygen atoms in total. The number of amides is 2. The van der Waals surface area contributed by atoms with Gasteiger partial charge in [-0.05, 0) is 96.5 Å². The van der Waals surface area contributed by atoms with Gasteiger partial charge in [-0.3, -0.25) is 14.7 Å². The van der Waals surface area contributed by atoms with Crippen molar-refractivity contribution in [2.45, 2.75) is 69.2 Å². The summed E-state index contributed by atoms with van der Waals surface area (Å²) in [5, 5.41) is 16.1. The van der Waals surface area contributed by atoms with Crippen LogP contribution in [-0.4, -0.2) is 45.6 Å². The van der Waals surface area contributed by atoms with Gasteiger partial charge in [0.25, 0.3) is 5.91 Å².